The zero-order chi connectivity index (χ0) is 14.1. The van der Waals surface area contributed by atoms with Gasteiger partial charge in [-0.25, -0.2) is 0 Å². The van der Waals surface area contributed by atoms with E-state index in [4.69, 9.17) is 4.74 Å². The van der Waals surface area contributed by atoms with Crippen molar-refractivity contribution in [1.82, 2.24) is 0 Å². The summed E-state index contributed by atoms with van der Waals surface area (Å²) in [5, 5.41) is 2.93. The lowest BCUT2D eigenvalue weighted by molar-refractivity contribution is -0.117. The van der Waals surface area contributed by atoms with Crippen molar-refractivity contribution < 1.29 is 9.53 Å². The first-order chi connectivity index (χ1) is 9.69. The van der Waals surface area contributed by atoms with E-state index < -0.39 is 0 Å². The SMILES string of the molecule is COc1ccccc1CC1C(=O)Nc2ccc(Br)cc21. The topological polar surface area (TPSA) is 38.3 Å². The Kier molecular flexibility index (Phi) is 3.49. The van der Waals surface area contributed by atoms with Gasteiger partial charge in [0.15, 0.2) is 0 Å². The molecular weight excluding hydrogens is 318 g/mol. The van der Waals surface area contributed by atoms with Gasteiger partial charge in [-0.1, -0.05) is 34.1 Å². The molecule has 1 N–H and O–H groups in total. The summed E-state index contributed by atoms with van der Waals surface area (Å²) in [5.41, 5.74) is 2.98. The third-order valence-electron chi connectivity index (χ3n) is 3.58. The average molecular weight is 332 g/mol. The standard InChI is InChI=1S/C16H14BrNO2/c1-20-15-5-3-2-4-10(15)8-13-12-9-11(17)6-7-14(12)18-16(13)19/h2-7,9,13H,8H2,1H3,(H,18,19). The van der Waals surface area contributed by atoms with Gasteiger partial charge in [0.25, 0.3) is 0 Å². The fourth-order valence-electron chi connectivity index (χ4n) is 2.59. The van der Waals surface area contributed by atoms with E-state index in [2.05, 4.69) is 21.2 Å². The number of anilines is 1. The van der Waals surface area contributed by atoms with Crippen LogP contribution in [0.15, 0.2) is 46.9 Å². The minimum Gasteiger partial charge on any atom is -0.496 e. The molecule has 2 aromatic rings. The number of carbonyl (C=O) groups excluding carboxylic acids is 1. The molecule has 0 radical (unpaired) electrons. The highest BCUT2D eigenvalue weighted by Gasteiger charge is 2.31. The maximum atomic E-state index is 12.2. The van der Waals surface area contributed by atoms with Crippen LogP contribution in [0, 0.1) is 0 Å². The Hall–Kier alpha value is -1.81. The third-order valence-corrected chi connectivity index (χ3v) is 4.07. The number of nitrogens with one attached hydrogen (secondary N) is 1. The molecule has 102 valence electrons. The molecule has 0 fully saturated rings. The molecule has 1 aliphatic heterocycles. The van der Waals surface area contributed by atoms with Crippen LogP contribution in [0.5, 0.6) is 5.75 Å². The van der Waals surface area contributed by atoms with Crippen molar-refractivity contribution in [3.05, 3.63) is 58.1 Å². The minimum absolute atomic E-state index is 0.0454. The van der Waals surface area contributed by atoms with E-state index in [1.165, 1.54) is 0 Å². The number of benzene rings is 2. The number of hydrogen-bond donors (Lipinski definition) is 1. The first-order valence-corrected chi connectivity index (χ1v) is 7.20. The molecule has 3 nitrogen and oxygen atoms in total. The summed E-state index contributed by atoms with van der Waals surface area (Å²) < 4.78 is 6.35. The highest BCUT2D eigenvalue weighted by atomic mass is 79.9. The number of ether oxygens (including phenoxy) is 1. The second-order valence-electron chi connectivity index (χ2n) is 4.79. The van der Waals surface area contributed by atoms with Crippen molar-refractivity contribution in [2.24, 2.45) is 0 Å². The maximum Gasteiger partial charge on any atom is 0.232 e. The predicted octanol–water partition coefficient (Wildman–Crippen LogP) is 3.74. The van der Waals surface area contributed by atoms with E-state index >= 15 is 0 Å². The summed E-state index contributed by atoms with van der Waals surface area (Å²) in [6, 6.07) is 13.7. The van der Waals surface area contributed by atoms with Crippen molar-refractivity contribution in [2.75, 3.05) is 12.4 Å². The van der Waals surface area contributed by atoms with Gasteiger partial charge in [-0.2, -0.15) is 0 Å². The molecule has 1 atom stereocenters. The highest BCUT2D eigenvalue weighted by molar-refractivity contribution is 9.10. The molecule has 4 heteroatoms. The highest BCUT2D eigenvalue weighted by Crippen LogP contribution is 2.37. The molecule has 0 saturated carbocycles. The zero-order valence-corrected chi connectivity index (χ0v) is 12.6. The van der Waals surface area contributed by atoms with Gasteiger partial charge >= 0.3 is 0 Å². The van der Waals surface area contributed by atoms with Gasteiger partial charge in [-0.15, -0.1) is 0 Å². The van der Waals surface area contributed by atoms with Gasteiger partial charge in [0, 0.05) is 10.2 Å². The molecule has 3 rings (SSSR count). The quantitative estimate of drug-likeness (QED) is 0.930. The van der Waals surface area contributed by atoms with E-state index in [0.29, 0.717) is 6.42 Å². The smallest absolute Gasteiger partial charge is 0.232 e. The number of rotatable bonds is 3. The van der Waals surface area contributed by atoms with Gasteiger partial charge in [-0.05, 0) is 41.8 Å². The Balaban J connectivity index is 1.96. The van der Waals surface area contributed by atoms with Crippen LogP contribution in [0.1, 0.15) is 17.0 Å². The lowest BCUT2D eigenvalue weighted by Gasteiger charge is -2.12. The summed E-state index contributed by atoms with van der Waals surface area (Å²) in [6.07, 6.45) is 0.638. The fourth-order valence-corrected chi connectivity index (χ4v) is 2.97. The van der Waals surface area contributed by atoms with Crippen LogP contribution in [0.3, 0.4) is 0 Å². The van der Waals surface area contributed by atoms with Gasteiger partial charge in [0.2, 0.25) is 5.91 Å². The van der Waals surface area contributed by atoms with Crippen molar-refractivity contribution in [2.45, 2.75) is 12.3 Å². The summed E-state index contributed by atoms with van der Waals surface area (Å²) in [6.45, 7) is 0. The van der Waals surface area contributed by atoms with Gasteiger partial charge < -0.3 is 10.1 Å². The summed E-state index contributed by atoms with van der Waals surface area (Å²) in [7, 11) is 1.65. The zero-order valence-electron chi connectivity index (χ0n) is 11.0. The first kappa shape index (κ1) is 13.2. The number of para-hydroxylation sites is 1. The lowest BCUT2D eigenvalue weighted by Crippen LogP contribution is -2.14. The molecule has 0 aromatic heterocycles. The molecule has 1 amide bonds. The Morgan fingerprint density at radius 3 is 2.85 bits per heavy atom. The van der Waals surface area contributed by atoms with Crippen LogP contribution < -0.4 is 10.1 Å². The largest absolute Gasteiger partial charge is 0.496 e. The van der Waals surface area contributed by atoms with Crippen molar-refractivity contribution >= 4 is 27.5 Å². The molecule has 1 unspecified atom stereocenters. The van der Waals surface area contributed by atoms with Crippen molar-refractivity contribution in [3.8, 4) is 5.75 Å². The summed E-state index contributed by atoms with van der Waals surface area (Å²) >= 11 is 3.46. The van der Waals surface area contributed by atoms with Crippen LogP contribution in [-0.4, -0.2) is 13.0 Å². The van der Waals surface area contributed by atoms with Crippen LogP contribution >= 0.6 is 15.9 Å². The second kappa shape index (κ2) is 5.29. The molecule has 2 aromatic carbocycles. The summed E-state index contributed by atoms with van der Waals surface area (Å²) in [5.74, 6) is 0.701. The number of halogens is 1. The molecule has 0 bridgehead atoms. The number of methoxy groups -OCH3 is 1. The fraction of sp³-hybridized carbons (Fsp3) is 0.188. The van der Waals surface area contributed by atoms with Gasteiger partial charge in [0.1, 0.15) is 5.75 Å². The molecule has 0 aliphatic carbocycles. The van der Waals surface area contributed by atoms with Crippen molar-refractivity contribution in [3.63, 3.8) is 0 Å². The average Bonchev–Trinajstić information content (AvgIpc) is 2.76. The Morgan fingerprint density at radius 1 is 1.25 bits per heavy atom. The normalized spacial score (nSPS) is 16.7. The Bertz CT molecular complexity index is 669. The molecular formula is C16H14BrNO2. The minimum atomic E-state index is -0.168. The van der Waals surface area contributed by atoms with E-state index in [1.54, 1.807) is 7.11 Å². The molecule has 0 saturated heterocycles. The van der Waals surface area contributed by atoms with E-state index in [0.717, 1.165) is 27.0 Å². The van der Waals surface area contributed by atoms with E-state index in [-0.39, 0.29) is 11.8 Å². The maximum absolute atomic E-state index is 12.2. The van der Waals surface area contributed by atoms with Gasteiger partial charge in [-0.3, -0.25) is 4.79 Å². The predicted molar refractivity (Wildman–Crippen MR) is 82.2 cm³/mol. The Morgan fingerprint density at radius 2 is 2.05 bits per heavy atom. The number of hydrogen-bond acceptors (Lipinski definition) is 2. The summed E-state index contributed by atoms with van der Waals surface area (Å²) in [4.78, 5) is 12.2. The van der Waals surface area contributed by atoms with Crippen molar-refractivity contribution in [1.29, 1.82) is 0 Å². The van der Waals surface area contributed by atoms with E-state index in [9.17, 15) is 4.79 Å². The molecule has 1 aliphatic rings. The monoisotopic (exact) mass is 331 g/mol. The molecule has 1 heterocycles. The Labute approximate surface area is 126 Å². The third kappa shape index (κ3) is 2.31. The number of fused-ring (bicyclic) bond motifs is 1. The number of carbonyl (C=O) groups is 1. The van der Waals surface area contributed by atoms with Crippen LogP contribution in [0.2, 0.25) is 0 Å². The molecule has 20 heavy (non-hydrogen) atoms. The van der Waals surface area contributed by atoms with Crippen LogP contribution in [-0.2, 0) is 11.2 Å². The lowest BCUT2D eigenvalue weighted by atomic mass is 9.93. The first-order valence-electron chi connectivity index (χ1n) is 6.41. The van der Waals surface area contributed by atoms with Crippen LogP contribution in [0.25, 0.3) is 0 Å². The number of amides is 1. The molecule has 0 spiro atoms. The van der Waals surface area contributed by atoms with Crippen LogP contribution in [0.4, 0.5) is 5.69 Å². The van der Waals surface area contributed by atoms with E-state index in [1.807, 2.05) is 42.5 Å². The van der Waals surface area contributed by atoms with Gasteiger partial charge in [0.05, 0.1) is 13.0 Å². The second-order valence-corrected chi connectivity index (χ2v) is 5.71.